The van der Waals surface area contributed by atoms with Crippen LogP contribution in [0.15, 0.2) is 24.3 Å². The van der Waals surface area contributed by atoms with E-state index in [0.717, 1.165) is 12.8 Å². The lowest BCUT2D eigenvalue weighted by atomic mass is 10.1. The van der Waals surface area contributed by atoms with Gasteiger partial charge in [0.2, 0.25) is 0 Å². The highest BCUT2D eigenvalue weighted by Gasteiger charge is 2.39. The first-order valence-electron chi connectivity index (χ1n) is 8.30. The highest BCUT2D eigenvalue weighted by atomic mass is 19.3. The summed E-state index contributed by atoms with van der Waals surface area (Å²) >= 11 is 0. The fourth-order valence-corrected chi connectivity index (χ4v) is 3.07. The third kappa shape index (κ3) is 4.35. The third-order valence-electron chi connectivity index (χ3n) is 4.45. The lowest BCUT2D eigenvalue weighted by Gasteiger charge is -2.35. The Morgan fingerprint density at radius 1 is 1.38 bits per heavy atom. The van der Waals surface area contributed by atoms with Gasteiger partial charge in [-0.2, -0.15) is 8.78 Å². The minimum absolute atomic E-state index is 0.109. The van der Waals surface area contributed by atoms with Crippen LogP contribution in [0.4, 0.5) is 13.6 Å². The van der Waals surface area contributed by atoms with Gasteiger partial charge < -0.3 is 19.7 Å². The fraction of sp³-hybridized carbons (Fsp3) is 0.588. The Morgan fingerprint density at radius 2 is 2.17 bits per heavy atom. The monoisotopic (exact) mass is 340 g/mol. The number of ether oxygens (including phenoxy) is 2. The number of amides is 2. The van der Waals surface area contributed by atoms with Gasteiger partial charge in [-0.3, -0.25) is 0 Å². The SMILES string of the molecule is O=C(NCCc1ccccc1OC(F)F)N1CCOCC1C1CC1. The van der Waals surface area contributed by atoms with Crippen molar-refractivity contribution in [3.63, 3.8) is 0 Å². The fourth-order valence-electron chi connectivity index (χ4n) is 3.07. The smallest absolute Gasteiger partial charge is 0.387 e. The van der Waals surface area contributed by atoms with Gasteiger partial charge in [-0.15, -0.1) is 0 Å². The number of morpholine rings is 1. The number of para-hydroxylation sites is 1. The number of hydrogen-bond donors (Lipinski definition) is 1. The Labute approximate surface area is 139 Å². The summed E-state index contributed by atoms with van der Waals surface area (Å²) in [5, 5.41) is 2.88. The Hall–Kier alpha value is -1.89. The van der Waals surface area contributed by atoms with Crippen LogP contribution in [0.1, 0.15) is 18.4 Å². The molecule has 2 aliphatic rings. The van der Waals surface area contributed by atoms with Gasteiger partial charge in [-0.05, 0) is 36.8 Å². The van der Waals surface area contributed by atoms with Gasteiger partial charge in [-0.25, -0.2) is 4.79 Å². The summed E-state index contributed by atoms with van der Waals surface area (Å²) in [6, 6.07) is 6.70. The predicted octanol–water partition coefficient (Wildman–Crippen LogP) is 2.65. The number of benzene rings is 1. The minimum Gasteiger partial charge on any atom is -0.435 e. The quantitative estimate of drug-likeness (QED) is 0.866. The Balaban J connectivity index is 1.51. The van der Waals surface area contributed by atoms with E-state index in [1.165, 1.54) is 6.07 Å². The molecule has 1 saturated carbocycles. The number of nitrogens with one attached hydrogen (secondary N) is 1. The zero-order valence-electron chi connectivity index (χ0n) is 13.4. The maximum absolute atomic E-state index is 12.4. The van der Waals surface area contributed by atoms with E-state index in [9.17, 15) is 13.6 Å². The van der Waals surface area contributed by atoms with Crippen LogP contribution in [0.2, 0.25) is 0 Å². The number of urea groups is 1. The summed E-state index contributed by atoms with van der Waals surface area (Å²) in [7, 11) is 0. The number of rotatable bonds is 6. The molecule has 1 heterocycles. The van der Waals surface area contributed by atoms with Crippen molar-refractivity contribution in [2.75, 3.05) is 26.3 Å². The number of carbonyl (C=O) groups excluding carboxylic acids is 1. The predicted molar refractivity (Wildman–Crippen MR) is 84.2 cm³/mol. The molecular weight excluding hydrogens is 318 g/mol. The highest BCUT2D eigenvalue weighted by Crippen LogP contribution is 2.36. The van der Waals surface area contributed by atoms with Crippen LogP contribution in [0.25, 0.3) is 0 Å². The van der Waals surface area contributed by atoms with E-state index in [2.05, 4.69) is 10.1 Å². The minimum atomic E-state index is -2.85. The summed E-state index contributed by atoms with van der Waals surface area (Å²) in [6.07, 6.45) is 2.74. The second kappa shape index (κ2) is 7.79. The van der Waals surface area contributed by atoms with Crippen molar-refractivity contribution in [3.05, 3.63) is 29.8 Å². The second-order valence-electron chi connectivity index (χ2n) is 6.14. The van der Waals surface area contributed by atoms with E-state index >= 15 is 0 Å². The van der Waals surface area contributed by atoms with E-state index in [4.69, 9.17) is 4.74 Å². The molecule has 5 nitrogen and oxygen atoms in total. The van der Waals surface area contributed by atoms with Crippen LogP contribution in [-0.4, -0.2) is 49.9 Å². The Kier molecular flexibility index (Phi) is 5.50. The van der Waals surface area contributed by atoms with Crippen molar-refractivity contribution in [2.24, 2.45) is 5.92 Å². The van der Waals surface area contributed by atoms with Crippen LogP contribution in [-0.2, 0) is 11.2 Å². The van der Waals surface area contributed by atoms with Crippen LogP contribution >= 0.6 is 0 Å². The zero-order valence-corrected chi connectivity index (χ0v) is 13.4. The summed E-state index contributed by atoms with van der Waals surface area (Å²) in [4.78, 5) is 14.3. The van der Waals surface area contributed by atoms with Gasteiger partial charge in [0.05, 0.1) is 19.3 Å². The highest BCUT2D eigenvalue weighted by molar-refractivity contribution is 5.74. The molecule has 1 aliphatic heterocycles. The van der Waals surface area contributed by atoms with Crippen molar-refractivity contribution < 1.29 is 23.0 Å². The molecule has 2 amide bonds. The molecule has 0 aromatic heterocycles. The molecule has 7 heteroatoms. The van der Waals surface area contributed by atoms with E-state index in [-0.39, 0.29) is 17.8 Å². The van der Waals surface area contributed by atoms with E-state index in [0.29, 0.717) is 44.2 Å². The normalized spacial score (nSPS) is 21.0. The van der Waals surface area contributed by atoms with Gasteiger partial charge in [-0.1, -0.05) is 18.2 Å². The Morgan fingerprint density at radius 3 is 2.92 bits per heavy atom. The molecule has 1 saturated heterocycles. The molecule has 0 bridgehead atoms. The van der Waals surface area contributed by atoms with Crippen molar-refractivity contribution in [3.8, 4) is 5.75 Å². The van der Waals surface area contributed by atoms with Crippen molar-refractivity contribution >= 4 is 6.03 Å². The molecule has 0 radical (unpaired) electrons. The molecule has 3 rings (SSSR count). The first-order chi connectivity index (χ1) is 11.6. The molecule has 1 aromatic rings. The first kappa shape index (κ1) is 17.0. The molecule has 0 spiro atoms. The number of alkyl halides is 2. The van der Waals surface area contributed by atoms with Crippen LogP contribution in [0.3, 0.4) is 0 Å². The second-order valence-corrected chi connectivity index (χ2v) is 6.14. The van der Waals surface area contributed by atoms with Crippen LogP contribution < -0.4 is 10.1 Å². The average Bonchev–Trinajstić information content (AvgIpc) is 3.41. The number of hydrogen-bond acceptors (Lipinski definition) is 3. The van der Waals surface area contributed by atoms with Gasteiger partial charge in [0, 0.05) is 13.1 Å². The molecule has 1 N–H and O–H groups in total. The summed E-state index contributed by atoms with van der Waals surface area (Å²) in [5.41, 5.74) is 0.652. The number of nitrogens with zero attached hydrogens (tertiary/aromatic N) is 1. The third-order valence-corrected chi connectivity index (χ3v) is 4.45. The lowest BCUT2D eigenvalue weighted by molar-refractivity contribution is -0.0504. The molecule has 1 unspecified atom stereocenters. The molecular formula is C17H22F2N2O3. The van der Waals surface area contributed by atoms with Crippen molar-refractivity contribution in [1.29, 1.82) is 0 Å². The summed E-state index contributed by atoms with van der Waals surface area (Å²) in [5.74, 6) is 0.709. The molecule has 1 aromatic carbocycles. The molecule has 24 heavy (non-hydrogen) atoms. The Bertz CT molecular complexity index is 567. The van der Waals surface area contributed by atoms with Gasteiger partial charge in [0.1, 0.15) is 5.75 Å². The molecule has 132 valence electrons. The molecule has 1 atom stereocenters. The zero-order chi connectivity index (χ0) is 16.9. The largest absolute Gasteiger partial charge is 0.435 e. The van der Waals surface area contributed by atoms with Gasteiger partial charge >= 0.3 is 12.6 Å². The number of halogens is 2. The lowest BCUT2D eigenvalue weighted by Crippen LogP contribution is -2.53. The topological polar surface area (TPSA) is 50.8 Å². The van der Waals surface area contributed by atoms with Crippen LogP contribution in [0, 0.1) is 5.92 Å². The van der Waals surface area contributed by atoms with Gasteiger partial charge in [0.15, 0.2) is 0 Å². The standard InChI is InChI=1S/C17H22F2N2O3/c18-16(19)24-15-4-2-1-3-13(15)7-8-20-17(22)21-9-10-23-11-14(21)12-5-6-12/h1-4,12,14,16H,5-11H2,(H,20,22). The summed E-state index contributed by atoms with van der Waals surface area (Å²) < 4.78 is 34.8. The molecule has 2 fully saturated rings. The summed E-state index contributed by atoms with van der Waals surface area (Å²) in [6.45, 7) is -0.728. The van der Waals surface area contributed by atoms with E-state index < -0.39 is 6.61 Å². The first-order valence-corrected chi connectivity index (χ1v) is 8.30. The van der Waals surface area contributed by atoms with Gasteiger partial charge in [0.25, 0.3) is 0 Å². The van der Waals surface area contributed by atoms with Crippen molar-refractivity contribution in [1.82, 2.24) is 10.2 Å². The van der Waals surface area contributed by atoms with Crippen molar-refractivity contribution in [2.45, 2.75) is 31.9 Å². The number of carbonyl (C=O) groups is 1. The van der Waals surface area contributed by atoms with E-state index in [1.807, 2.05) is 4.90 Å². The maximum Gasteiger partial charge on any atom is 0.387 e. The van der Waals surface area contributed by atoms with Crippen LogP contribution in [0.5, 0.6) is 5.75 Å². The van der Waals surface area contributed by atoms with E-state index in [1.54, 1.807) is 18.2 Å². The average molecular weight is 340 g/mol. The maximum atomic E-state index is 12.4. The molecule has 1 aliphatic carbocycles.